The molecule has 2 N–H and O–H groups in total. The molecule has 2 aromatic carbocycles. The van der Waals surface area contributed by atoms with Gasteiger partial charge in [0.15, 0.2) is 0 Å². The van der Waals surface area contributed by atoms with E-state index in [-0.39, 0.29) is 23.9 Å². The summed E-state index contributed by atoms with van der Waals surface area (Å²) in [5.41, 5.74) is 4.12. The number of carbonyl (C=O) groups is 2. The number of aromatic nitrogens is 3. The molecule has 8 nitrogen and oxygen atoms in total. The maximum atomic E-state index is 12.9. The molecule has 0 fully saturated rings. The monoisotopic (exact) mass is 420 g/mol. The second-order valence-corrected chi connectivity index (χ2v) is 7.82. The van der Waals surface area contributed by atoms with Gasteiger partial charge in [-0.3, -0.25) is 4.79 Å². The normalized spacial score (nSPS) is 11.8. The highest BCUT2D eigenvalue weighted by Crippen LogP contribution is 2.24. The Balaban J connectivity index is 1.69. The Morgan fingerprint density at radius 1 is 1.03 bits per heavy atom. The molecule has 0 spiro atoms. The van der Waals surface area contributed by atoms with Gasteiger partial charge in [-0.05, 0) is 49.2 Å². The van der Waals surface area contributed by atoms with Crippen molar-refractivity contribution in [2.45, 2.75) is 33.7 Å². The SMILES string of the molecule is Cc1ccc(NC(=O)C(C)C)cc1NC(=O)N(C)[C@@H](C)c1ccc(-n2cncn2)cc1. The standard InChI is InChI=1S/C23H28N6O2/c1-15(2)22(30)26-19-9-6-16(3)21(12-19)27-23(31)28(5)17(4)18-7-10-20(11-8-18)29-14-24-13-25-29/h6-15,17H,1-5H3,(H,26,30)(H,27,31)/t17-/m0/s1. The van der Waals surface area contributed by atoms with Crippen LogP contribution in [-0.2, 0) is 4.79 Å². The summed E-state index contributed by atoms with van der Waals surface area (Å²) in [6.45, 7) is 7.55. The zero-order valence-electron chi connectivity index (χ0n) is 18.5. The lowest BCUT2D eigenvalue weighted by atomic mass is 10.1. The van der Waals surface area contributed by atoms with Crippen LogP contribution in [0.25, 0.3) is 5.69 Å². The summed E-state index contributed by atoms with van der Waals surface area (Å²) in [6, 6.07) is 12.9. The Morgan fingerprint density at radius 2 is 1.74 bits per heavy atom. The summed E-state index contributed by atoms with van der Waals surface area (Å²) in [7, 11) is 1.76. The number of amides is 3. The fourth-order valence-corrected chi connectivity index (χ4v) is 2.97. The van der Waals surface area contributed by atoms with E-state index >= 15 is 0 Å². The Kier molecular flexibility index (Phi) is 6.69. The number of carbonyl (C=O) groups excluding carboxylic acids is 2. The fourth-order valence-electron chi connectivity index (χ4n) is 2.97. The number of aryl methyl sites for hydroxylation is 1. The third kappa shape index (κ3) is 5.28. The molecule has 0 aliphatic heterocycles. The average Bonchev–Trinajstić information content (AvgIpc) is 3.30. The molecular weight excluding hydrogens is 392 g/mol. The largest absolute Gasteiger partial charge is 0.326 e. The molecule has 0 aliphatic rings. The number of rotatable bonds is 6. The van der Waals surface area contributed by atoms with Gasteiger partial charge in [0.25, 0.3) is 0 Å². The molecule has 8 heteroatoms. The summed E-state index contributed by atoms with van der Waals surface area (Å²) in [4.78, 5) is 30.4. The number of benzene rings is 2. The second kappa shape index (κ2) is 9.42. The first-order valence-corrected chi connectivity index (χ1v) is 10.2. The molecular formula is C23H28N6O2. The molecule has 162 valence electrons. The average molecular weight is 421 g/mol. The van der Waals surface area contributed by atoms with Crippen molar-refractivity contribution in [3.8, 4) is 5.69 Å². The molecule has 0 unspecified atom stereocenters. The van der Waals surface area contributed by atoms with Crippen molar-refractivity contribution in [3.63, 3.8) is 0 Å². The maximum Gasteiger partial charge on any atom is 0.322 e. The van der Waals surface area contributed by atoms with Gasteiger partial charge in [0.05, 0.1) is 11.7 Å². The molecule has 1 aromatic heterocycles. The first kappa shape index (κ1) is 22.0. The van der Waals surface area contributed by atoms with Gasteiger partial charge in [-0.1, -0.05) is 32.0 Å². The minimum atomic E-state index is -0.233. The zero-order chi connectivity index (χ0) is 22.5. The molecule has 0 saturated heterocycles. The van der Waals surface area contributed by atoms with Gasteiger partial charge >= 0.3 is 6.03 Å². The predicted octanol–water partition coefficient (Wildman–Crippen LogP) is 4.40. The Hall–Kier alpha value is -3.68. The van der Waals surface area contributed by atoms with Gasteiger partial charge in [0.1, 0.15) is 12.7 Å². The van der Waals surface area contributed by atoms with E-state index in [1.807, 2.05) is 64.1 Å². The molecule has 31 heavy (non-hydrogen) atoms. The van der Waals surface area contributed by atoms with Crippen molar-refractivity contribution in [2.75, 3.05) is 17.7 Å². The van der Waals surface area contributed by atoms with E-state index in [0.29, 0.717) is 11.4 Å². The molecule has 3 rings (SSSR count). The first-order valence-electron chi connectivity index (χ1n) is 10.2. The van der Waals surface area contributed by atoms with E-state index in [2.05, 4.69) is 20.7 Å². The van der Waals surface area contributed by atoms with E-state index in [1.54, 1.807) is 29.0 Å². The third-order valence-corrected chi connectivity index (χ3v) is 5.23. The van der Waals surface area contributed by atoms with Gasteiger partial charge in [0, 0.05) is 24.3 Å². The lowest BCUT2D eigenvalue weighted by Gasteiger charge is -2.26. The van der Waals surface area contributed by atoms with Gasteiger partial charge in [0.2, 0.25) is 5.91 Å². The summed E-state index contributed by atoms with van der Waals surface area (Å²) in [5.74, 6) is -0.191. The van der Waals surface area contributed by atoms with Crippen LogP contribution in [0.15, 0.2) is 55.1 Å². The van der Waals surface area contributed by atoms with Crippen LogP contribution in [0.4, 0.5) is 16.2 Å². The van der Waals surface area contributed by atoms with Crippen molar-refractivity contribution < 1.29 is 9.59 Å². The number of hydrogen-bond acceptors (Lipinski definition) is 4. The van der Waals surface area contributed by atoms with E-state index < -0.39 is 0 Å². The molecule has 3 aromatic rings. The van der Waals surface area contributed by atoms with Crippen LogP contribution in [-0.4, -0.2) is 38.7 Å². The molecule has 1 heterocycles. The van der Waals surface area contributed by atoms with Crippen LogP contribution >= 0.6 is 0 Å². The van der Waals surface area contributed by atoms with E-state index in [4.69, 9.17) is 0 Å². The van der Waals surface area contributed by atoms with Crippen LogP contribution in [0.2, 0.25) is 0 Å². The van der Waals surface area contributed by atoms with Gasteiger partial charge < -0.3 is 15.5 Å². The van der Waals surface area contributed by atoms with E-state index in [9.17, 15) is 9.59 Å². The van der Waals surface area contributed by atoms with Crippen LogP contribution in [0.5, 0.6) is 0 Å². The van der Waals surface area contributed by atoms with E-state index in [1.165, 1.54) is 6.33 Å². The van der Waals surface area contributed by atoms with Gasteiger partial charge in [-0.25, -0.2) is 14.5 Å². The summed E-state index contributed by atoms with van der Waals surface area (Å²) in [5, 5.41) is 9.93. The van der Waals surface area contributed by atoms with E-state index in [0.717, 1.165) is 16.8 Å². The highest BCUT2D eigenvalue weighted by molar-refractivity contribution is 5.94. The Bertz CT molecular complexity index is 1040. The molecule has 3 amide bonds. The number of urea groups is 1. The van der Waals surface area contributed by atoms with Crippen molar-refractivity contribution >= 4 is 23.3 Å². The minimum Gasteiger partial charge on any atom is -0.326 e. The molecule has 0 radical (unpaired) electrons. The van der Waals surface area contributed by atoms with Gasteiger partial charge in [-0.15, -0.1) is 0 Å². The van der Waals surface area contributed by atoms with Crippen molar-refractivity contribution in [2.24, 2.45) is 5.92 Å². The minimum absolute atomic E-state index is 0.0683. The van der Waals surface area contributed by atoms with Gasteiger partial charge in [-0.2, -0.15) is 5.10 Å². The first-order chi connectivity index (χ1) is 14.8. The highest BCUT2D eigenvalue weighted by Gasteiger charge is 2.19. The Morgan fingerprint density at radius 3 is 2.35 bits per heavy atom. The van der Waals surface area contributed by atoms with Crippen molar-refractivity contribution in [1.82, 2.24) is 19.7 Å². The smallest absolute Gasteiger partial charge is 0.322 e. The summed E-state index contributed by atoms with van der Waals surface area (Å²) < 4.78 is 1.68. The molecule has 1 atom stereocenters. The van der Waals surface area contributed by atoms with Crippen LogP contribution in [0.1, 0.15) is 37.9 Å². The molecule has 0 bridgehead atoms. The highest BCUT2D eigenvalue weighted by atomic mass is 16.2. The molecule has 0 saturated carbocycles. The number of hydrogen-bond donors (Lipinski definition) is 2. The maximum absolute atomic E-state index is 12.9. The van der Waals surface area contributed by atoms with Crippen molar-refractivity contribution in [3.05, 3.63) is 66.2 Å². The third-order valence-electron chi connectivity index (χ3n) is 5.23. The summed E-state index contributed by atoms with van der Waals surface area (Å²) in [6.07, 6.45) is 3.12. The van der Waals surface area contributed by atoms with Crippen molar-refractivity contribution in [1.29, 1.82) is 0 Å². The topological polar surface area (TPSA) is 92.2 Å². The Labute approximate surface area is 182 Å². The second-order valence-electron chi connectivity index (χ2n) is 7.82. The lowest BCUT2D eigenvalue weighted by Crippen LogP contribution is -2.33. The van der Waals surface area contributed by atoms with Crippen LogP contribution < -0.4 is 10.6 Å². The predicted molar refractivity (Wildman–Crippen MR) is 121 cm³/mol. The summed E-state index contributed by atoms with van der Waals surface area (Å²) >= 11 is 0. The number of anilines is 2. The number of nitrogens with zero attached hydrogens (tertiary/aromatic N) is 4. The number of nitrogens with one attached hydrogen (secondary N) is 2. The van der Waals surface area contributed by atoms with Crippen LogP contribution in [0.3, 0.4) is 0 Å². The lowest BCUT2D eigenvalue weighted by molar-refractivity contribution is -0.118. The van der Waals surface area contributed by atoms with Crippen LogP contribution in [0, 0.1) is 12.8 Å². The fraction of sp³-hybridized carbons (Fsp3) is 0.304. The molecule has 0 aliphatic carbocycles. The zero-order valence-corrected chi connectivity index (χ0v) is 18.5. The quantitative estimate of drug-likeness (QED) is 0.618.